The number of thioether (sulfide) groups is 1. The first-order valence-corrected chi connectivity index (χ1v) is 8.52. The van der Waals surface area contributed by atoms with Gasteiger partial charge in [-0.1, -0.05) is 24.6 Å². The number of rotatable bonds is 4. The van der Waals surface area contributed by atoms with Gasteiger partial charge in [0.15, 0.2) is 5.16 Å². The fourth-order valence-corrected chi connectivity index (χ4v) is 3.88. The molecule has 2 aromatic heterocycles. The Morgan fingerprint density at radius 3 is 3.05 bits per heavy atom. The second kappa shape index (κ2) is 5.97. The molecule has 0 saturated heterocycles. The van der Waals surface area contributed by atoms with Crippen LogP contribution in [-0.2, 0) is 4.79 Å². The molecule has 3 N–H and O–H groups in total. The van der Waals surface area contributed by atoms with Crippen molar-refractivity contribution < 1.29 is 4.79 Å². The number of nitrogen functional groups attached to an aromatic ring is 1. The molecule has 1 fully saturated rings. The Labute approximate surface area is 125 Å². The summed E-state index contributed by atoms with van der Waals surface area (Å²) in [6, 6.07) is 2.27. The number of hydrogen-bond donors (Lipinski definition) is 2. The van der Waals surface area contributed by atoms with Gasteiger partial charge in [-0.05, 0) is 24.3 Å². The standard InChI is InChI=1S/C13H16N4OS2/c14-11-9-5-6-19-12(9)17-13(16-11)20-7-10(18)15-8-3-1-2-4-8/h5-6,8H,1-4,7H2,(H,15,18)(H2,14,16,17). The zero-order valence-electron chi connectivity index (χ0n) is 11.0. The van der Waals surface area contributed by atoms with E-state index in [1.165, 1.54) is 35.9 Å². The van der Waals surface area contributed by atoms with Gasteiger partial charge >= 0.3 is 0 Å². The molecule has 20 heavy (non-hydrogen) atoms. The fraction of sp³-hybridized carbons (Fsp3) is 0.462. The number of nitrogens with zero attached hydrogens (tertiary/aromatic N) is 2. The van der Waals surface area contributed by atoms with Gasteiger partial charge in [0, 0.05) is 6.04 Å². The Hall–Kier alpha value is -1.34. The van der Waals surface area contributed by atoms with Crippen molar-refractivity contribution in [2.24, 2.45) is 0 Å². The molecule has 2 aromatic rings. The number of anilines is 1. The van der Waals surface area contributed by atoms with Crippen LogP contribution in [0, 0.1) is 0 Å². The van der Waals surface area contributed by atoms with Crippen LogP contribution in [0.3, 0.4) is 0 Å². The highest BCUT2D eigenvalue weighted by atomic mass is 32.2. The van der Waals surface area contributed by atoms with E-state index >= 15 is 0 Å². The third-order valence-corrected chi connectivity index (χ3v) is 5.04. The van der Waals surface area contributed by atoms with Gasteiger partial charge < -0.3 is 11.1 Å². The summed E-state index contributed by atoms with van der Waals surface area (Å²) in [5.74, 6) is 0.873. The molecule has 0 bridgehead atoms. The van der Waals surface area contributed by atoms with Crippen LogP contribution >= 0.6 is 23.1 Å². The second-order valence-electron chi connectivity index (χ2n) is 4.87. The molecular weight excluding hydrogens is 292 g/mol. The van der Waals surface area contributed by atoms with Gasteiger partial charge in [0.2, 0.25) is 5.91 Å². The Kier molecular flexibility index (Phi) is 4.07. The number of hydrogen-bond acceptors (Lipinski definition) is 6. The summed E-state index contributed by atoms with van der Waals surface area (Å²) in [4.78, 5) is 21.4. The number of nitrogens with two attached hydrogens (primary N) is 1. The molecule has 0 radical (unpaired) electrons. The van der Waals surface area contributed by atoms with Crippen LogP contribution in [0.4, 0.5) is 5.82 Å². The number of aromatic nitrogens is 2. The van der Waals surface area contributed by atoms with E-state index in [2.05, 4.69) is 15.3 Å². The van der Waals surface area contributed by atoms with Gasteiger partial charge in [0.05, 0.1) is 11.1 Å². The SMILES string of the molecule is Nc1nc(SCC(=O)NC2CCCC2)nc2sccc12. The molecule has 0 aliphatic heterocycles. The van der Waals surface area contributed by atoms with Crippen molar-refractivity contribution in [2.45, 2.75) is 36.9 Å². The molecule has 1 aliphatic rings. The monoisotopic (exact) mass is 308 g/mol. The number of thiophene rings is 1. The van der Waals surface area contributed by atoms with Crippen molar-refractivity contribution in [1.29, 1.82) is 0 Å². The van der Waals surface area contributed by atoms with Crippen LogP contribution in [0.2, 0.25) is 0 Å². The molecule has 1 saturated carbocycles. The van der Waals surface area contributed by atoms with E-state index in [0.717, 1.165) is 23.1 Å². The lowest BCUT2D eigenvalue weighted by Crippen LogP contribution is -2.33. The summed E-state index contributed by atoms with van der Waals surface area (Å²) in [6.45, 7) is 0. The van der Waals surface area contributed by atoms with Crippen LogP contribution in [0.25, 0.3) is 10.2 Å². The van der Waals surface area contributed by atoms with Crippen molar-refractivity contribution in [3.05, 3.63) is 11.4 Å². The molecule has 0 spiro atoms. The van der Waals surface area contributed by atoms with E-state index in [1.54, 1.807) is 0 Å². The Morgan fingerprint density at radius 1 is 1.45 bits per heavy atom. The van der Waals surface area contributed by atoms with Crippen LogP contribution in [0.1, 0.15) is 25.7 Å². The zero-order chi connectivity index (χ0) is 13.9. The number of amides is 1. The largest absolute Gasteiger partial charge is 0.383 e. The molecule has 7 heteroatoms. The third kappa shape index (κ3) is 3.04. The molecule has 0 atom stereocenters. The van der Waals surface area contributed by atoms with Gasteiger partial charge in [-0.3, -0.25) is 4.79 Å². The molecular formula is C13H16N4OS2. The van der Waals surface area contributed by atoms with Crippen LogP contribution < -0.4 is 11.1 Å². The number of fused-ring (bicyclic) bond motifs is 1. The third-order valence-electron chi connectivity index (χ3n) is 3.39. The van der Waals surface area contributed by atoms with Gasteiger partial charge in [-0.25, -0.2) is 9.97 Å². The topological polar surface area (TPSA) is 80.9 Å². The van der Waals surface area contributed by atoms with E-state index in [-0.39, 0.29) is 5.91 Å². The zero-order valence-corrected chi connectivity index (χ0v) is 12.6. The first-order chi connectivity index (χ1) is 9.72. The maximum Gasteiger partial charge on any atom is 0.230 e. The van der Waals surface area contributed by atoms with E-state index in [1.807, 2.05) is 11.4 Å². The van der Waals surface area contributed by atoms with E-state index in [0.29, 0.717) is 22.8 Å². The highest BCUT2D eigenvalue weighted by Gasteiger charge is 2.17. The molecule has 5 nitrogen and oxygen atoms in total. The molecule has 3 rings (SSSR count). The van der Waals surface area contributed by atoms with Crippen molar-refractivity contribution in [1.82, 2.24) is 15.3 Å². The van der Waals surface area contributed by atoms with Crippen molar-refractivity contribution >= 4 is 45.0 Å². The highest BCUT2D eigenvalue weighted by molar-refractivity contribution is 7.99. The smallest absolute Gasteiger partial charge is 0.230 e. The van der Waals surface area contributed by atoms with E-state index in [9.17, 15) is 4.79 Å². The number of carbonyl (C=O) groups is 1. The molecule has 2 heterocycles. The van der Waals surface area contributed by atoms with Gasteiger partial charge in [-0.15, -0.1) is 11.3 Å². The number of nitrogens with one attached hydrogen (secondary N) is 1. The van der Waals surface area contributed by atoms with Crippen molar-refractivity contribution in [3.8, 4) is 0 Å². The first-order valence-electron chi connectivity index (χ1n) is 6.65. The molecule has 1 aliphatic carbocycles. The average molecular weight is 308 g/mol. The maximum atomic E-state index is 11.9. The molecule has 1 amide bonds. The molecule has 0 unspecified atom stereocenters. The summed E-state index contributed by atoms with van der Waals surface area (Å²) in [6.07, 6.45) is 4.63. The average Bonchev–Trinajstić information content (AvgIpc) is 3.07. The van der Waals surface area contributed by atoms with Crippen LogP contribution in [-0.4, -0.2) is 27.7 Å². The predicted octanol–water partition coefficient (Wildman–Crippen LogP) is 2.42. The van der Waals surface area contributed by atoms with Crippen molar-refractivity contribution in [3.63, 3.8) is 0 Å². The quantitative estimate of drug-likeness (QED) is 0.669. The lowest BCUT2D eigenvalue weighted by Gasteiger charge is -2.11. The summed E-state index contributed by atoms with van der Waals surface area (Å²) in [5.41, 5.74) is 5.88. The minimum Gasteiger partial charge on any atom is -0.383 e. The first kappa shape index (κ1) is 13.6. The maximum absolute atomic E-state index is 11.9. The minimum absolute atomic E-state index is 0.0512. The van der Waals surface area contributed by atoms with Crippen LogP contribution in [0.15, 0.2) is 16.6 Å². The summed E-state index contributed by atoms with van der Waals surface area (Å²) >= 11 is 2.87. The minimum atomic E-state index is 0.0512. The molecule has 106 valence electrons. The van der Waals surface area contributed by atoms with Gasteiger partial charge in [0.1, 0.15) is 10.6 Å². The Balaban J connectivity index is 1.60. The molecule has 0 aromatic carbocycles. The van der Waals surface area contributed by atoms with Crippen molar-refractivity contribution in [2.75, 3.05) is 11.5 Å². The highest BCUT2D eigenvalue weighted by Crippen LogP contribution is 2.26. The van der Waals surface area contributed by atoms with Gasteiger partial charge in [-0.2, -0.15) is 0 Å². The normalized spacial score (nSPS) is 15.8. The van der Waals surface area contributed by atoms with E-state index < -0.39 is 0 Å². The summed E-state index contributed by atoms with van der Waals surface area (Å²) in [5, 5.41) is 6.45. The second-order valence-corrected chi connectivity index (χ2v) is 6.71. The van der Waals surface area contributed by atoms with Crippen LogP contribution in [0.5, 0.6) is 0 Å². The Bertz CT molecular complexity index is 622. The summed E-state index contributed by atoms with van der Waals surface area (Å²) < 4.78 is 0. The lowest BCUT2D eigenvalue weighted by atomic mass is 10.2. The number of carbonyl (C=O) groups excluding carboxylic acids is 1. The van der Waals surface area contributed by atoms with E-state index in [4.69, 9.17) is 5.73 Å². The predicted molar refractivity (Wildman–Crippen MR) is 83.0 cm³/mol. The van der Waals surface area contributed by atoms with Gasteiger partial charge in [0.25, 0.3) is 0 Å². The Morgan fingerprint density at radius 2 is 2.25 bits per heavy atom. The fourth-order valence-electron chi connectivity index (χ4n) is 2.39. The summed E-state index contributed by atoms with van der Waals surface area (Å²) in [7, 11) is 0. The lowest BCUT2D eigenvalue weighted by molar-refractivity contribution is -0.119.